The lowest BCUT2D eigenvalue weighted by molar-refractivity contribution is -0.384. The highest BCUT2D eigenvalue weighted by atomic mass is 79.9. The summed E-state index contributed by atoms with van der Waals surface area (Å²) < 4.78 is 6.82. The van der Waals surface area contributed by atoms with Crippen molar-refractivity contribution in [1.29, 1.82) is 5.26 Å². The number of ether oxygens (including phenoxy) is 1. The van der Waals surface area contributed by atoms with Crippen LogP contribution in [0.25, 0.3) is 22.4 Å². The molecule has 0 fully saturated rings. The molecule has 0 amide bonds. The number of halogens is 1. The predicted molar refractivity (Wildman–Crippen MR) is 129 cm³/mol. The summed E-state index contributed by atoms with van der Waals surface area (Å²) >= 11 is 3.48. The predicted octanol–water partition coefficient (Wildman–Crippen LogP) is 7.15. The van der Waals surface area contributed by atoms with E-state index in [1.807, 2.05) is 60.7 Å². The quantitative estimate of drug-likeness (QED) is 0.126. The first-order chi connectivity index (χ1) is 15.5. The van der Waals surface area contributed by atoms with Gasteiger partial charge in [-0.1, -0.05) is 64.5 Å². The van der Waals surface area contributed by atoms with Crippen LogP contribution >= 0.6 is 15.9 Å². The van der Waals surface area contributed by atoms with E-state index in [0.29, 0.717) is 16.9 Å². The fourth-order valence-electron chi connectivity index (χ4n) is 3.38. The van der Waals surface area contributed by atoms with Crippen LogP contribution in [0.5, 0.6) is 5.75 Å². The van der Waals surface area contributed by atoms with Gasteiger partial charge in [0.1, 0.15) is 12.4 Å². The second kappa shape index (κ2) is 9.46. The molecule has 0 spiro atoms. The number of non-ortho nitro benzene ring substituents is 1. The van der Waals surface area contributed by atoms with Gasteiger partial charge in [-0.25, -0.2) is 0 Å². The summed E-state index contributed by atoms with van der Waals surface area (Å²) in [6.45, 7) is 0.169. The molecule has 0 atom stereocenters. The van der Waals surface area contributed by atoms with Gasteiger partial charge in [0.25, 0.3) is 5.69 Å². The molecule has 0 heterocycles. The molecule has 5 nitrogen and oxygen atoms in total. The minimum atomic E-state index is -0.431. The Balaban J connectivity index is 1.66. The maximum absolute atomic E-state index is 11.0. The first-order valence-corrected chi connectivity index (χ1v) is 10.6. The van der Waals surface area contributed by atoms with Gasteiger partial charge in [0.2, 0.25) is 0 Å². The molecular weight excluding hydrogens is 468 g/mol. The van der Waals surface area contributed by atoms with E-state index < -0.39 is 4.92 Å². The van der Waals surface area contributed by atoms with Crippen LogP contribution in [0.2, 0.25) is 0 Å². The van der Waals surface area contributed by atoms with Crippen molar-refractivity contribution in [2.75, 3.05) is 0 Å². The lowest BCUT2D eigenvalue weighted by atomic mass is 10.00. The Morgan fingerprint density at radius 1 is 1.00 bits per heavy atom. The van der Waals surface area contributed by atoms with Crippen molar-refractivity contribution in [1.82, 2.24) is 0 Å². The van der Waals surface area contributed by atoms with E-state index in [0.717, 1.165) is 26.4 Å². The zero-order valence-corrected chi connectivity index (χ0v) is 18.5. The molecule has 0 saturated heterocycles. The second-order valence-electron chi connectivity index (χ2n) is 7.13. The molecule has 0 bridgehead atoms. The Kier molecular flexibility index (Phi) is 6.29. The van der Waals surface area contributed by atoms with Crippen LogP contribution in [0.3, 0.4) is 0 Å². The normalized spacial score (nSPS) is 11.2. The molecule has 4 rings (SSSR count). The van der Waals surface area contributed by atoms with Gasteiger partial charge in [-0.2, -0.15) is 5.26 Å². The summed E-state index contributed by atoms with van der Waals surface area (Å²) in [5, 5.41) is 23.0. The van der Waals surface area contributed by atoms with E-state index in [-0.39, 0.29) is 12.3 Å². The molecule has 4 aromatic rings. The van der Waals surface area contributed by atoms with Gasteiger partial charge in [0, 0.05) is 22.2 Å². The van der Waals surface area contributed by atoms with Gasteiger partial charge in [-0.3, -0.25) is 10.1 Å². The summed E-state index contributed by atoms with van der Waals surface area (Å²) in [5.41, 5.74) is 2.76. The van der Waals surface area contributed by atoms with Crippen molar-refractivity contribution < 1.29 is 9.66 Å². The van der Waals surface area contributed by atoms with E-state index >= 15 is 0 Å². The summed E-state index contributed by atoms with van der Waals surface area (Å²) in [5.74, 6) is 0.577. The van der Waals surface area contributed by atoms with Gasteiger partial charge in [-0.15, -0.1) is 0 Å². The van der Waals surface area contributed by atoms with Crippen LogP contribution in [0, 0.1) is 21.4 Å². The molecule has 0 aromatic heterocycles. The average Bonchev–Trinajstić information content (AvgIpc) is 2.81. The summed E-state index contributed by atoms with van der Waals surface area (Å²) in [7, 11) is 0. The Morgan fingerprint density at radius 2 is 1.81 bits per heavy atom. The van der Waals surface area contributed by atoms with Crippen molar-refractivity contribution in [3.63, 3.8) is 0 Å². The molecule has 0 aliphatic heterocycles. The number of hydrogen-bond acceptors (Lipinski definition) is 4. The van der Waals surface area contributed by atoms with Gasteiger partial charge < -0.3 is 4.74 Å². The van der Waals surface area contributed by atoms with E-state index in [1.54, 1.807) is 18.2 Å². The molecule has 6 heteroatoms. The molecule has 0 N–H and O–H groups in total. The summed E-state index contributed by atoms with van der Waals surface area (Å²) in [6, 6.07) is 28.1. The number of hydrogen-bond donors (Lipinski definition) is 0. The number of nitrogens with zero attached hydrogens (tertiary/aromatic N) is 2. The molecule has 0 unspecified atom stereocenters. The Bertz CT molecular complexity index is 1390. The lowest BCUT2D eigenvalue weighted by Gasteiger charge is -2.11. The first-order valence-electron chi connectivity index (χ1n) is 9.80. The molecule has 156 valence electrons. The number of benzene rings is 4. The fraction of sp³-hybridized carbons (Fsp3) is 0.0385. The molecule has 0 aliphatic carbocycles. The maximum atomic E-state index is 11.0. The highest BCUT2D eigenvalue weighted by molar-refractivity contribution is 9.10. The Labute approximate surface area is 193 Å². The van der Waals surface area contributed by atoms with Crippen molar-refractivity contribution in [2.45, 2.75) is 6.61 Å². The fourth-order valence-corrected chi connectivity index (χ4v) is 3.76. The van der Waals surface area contributed by atoms with E-state index in [9.17, 15) is 15.4 Å². The van der Waals surface area contributed by atoms with E-state index in [1.165, 1.54) is 12.1 Å². The number of fused-ring (bicyclic) bond motifs is 1. The largest absolute Gasteiger partial charge is 0.488 e. The smallest absolute Gasteiger partial charge is 0.269 e. The molecular formula is C26H17BrN2O3. The average molecular weight is 485 g/mol. The van der Waals surface area contributed by atoms with Crippen molar-refractivity contribution in [3.8, 4) is 11.8 Å². The van der Waals surface area contributed by atoms with Crippen LogP contribution in [-0.2, 0) is 6.61 Å². The molecule has 0 radical (unpaired) electrons. The zero-order valence-electron chi connectivity index (χ0n) is 16.9. The highest BCUT2D eigenvalue weighted by Gasteiger charge is 2.10. The third-order valence-corrected chi connectivity index (χ3v) is 5.46. The number of rotatable bonds is 6. The number of allylic oxidation sites excluding steroid dienone is 1. The second-order valence-corrected chi connectivity index (χ2v) is 8.05. The number of nitro benzene ring substituents is 1. The van der Waals surface area contributed by atoms with Crippen LogP contribution in [0.1, 0.15) is 16.7 Å². The molecule has 4 aromatic carbocycles. The van der Waals surface area contributed by atoms with Crippen molar-refractivity contribution >= 4 is 44.0 Å². The van der Waals surface area contributed by atoms with Crippen LogP contribution < -0.4 is 4.74 Å². The first kappa shape index (κ1) is 21.3. The number of nitriles is 1. The standard InChI is InChI=1S/C26H17BrN2O3/c27-24-10-11-26(32-17-18-4-3-7-25(12-18)29(30)31)22(15-24)14-23(16-28)21-9-8-19-5-1-2-6-20(19)13-21/h1-15H,17H2/b23-14-. The lowest BCUT2D eigenvalue weighted by Crippen LogP contribution is -1.98. The van der Waals surface area contributed by atoms with Crippen LogP contribution in [0.4, 0.5) is 5.69 Å². The number of nitro groups is 1. The molecule has 0 saturated carbocycles. The minimum absolute atomic E-state index is 0.0186. The Morgan fingerprint density at radius 3 is 2.59 bits per heavy atom. The third-order valence-electron chi connectivity index (χ3n) is 4.97. The van der Waals surface area contributed by atoms with Gasteiger partial charge in [0.05, 0.1) is 16.6 Å². The van der Waals surface area contributed by atoms with Gasteiger partial charge in [0.15, 0.2) is 0 Å². The van der Waals surface area contributed by atoms with Gasteiger partial charge in [-0.05, 0) is 52.2 Å². The summed E-state index contributed by atoms with van der Waals surface area (Å²) in [6.07, 6.45) is 1.79. The Hall–Kier alpha value is -3.95. The van der Waals surface area contributed by atoms with Crippen molar-refractivity contribution in [2.24, 2.45) is 0 Å². The van der Waals surface area contributed by atoms with Gasteiger partial charge >= 0.3 is 0 Å². The monoisotopic (exact) mass is 484 g/mol. The minimum Gasteiger partial charge on any atom is -0.488 e. The molecule has 0 aliphatic rings. The SMILES string of the molecule is N#C/C(=C/c1cc(Br)ccc1OCc1cccc([N+](=O)[O-])c1)c1ccc2ccccc2c1. The van der Waals surface area contributed by atoms with Crippen LogP contribution in [-0.4, -0.2) is 4.92 Å². The summed E-state index contributed by atoms with van der Waals surface area (Å²) in [4.78, 5) is 10.6. The van der Waals surface area contributed by atoms with Crippen LogP contribution in [0.15, 0.2) is 89.4 Å². The highest BCUT2D eigenvalue weighted by Crippen LogP contribution is 2.30. The topological polar surface area (TPSA) is 76.2 Å². The third kappa shape index (κ3) is 4.85. The molecule has 32 heavy (non-hydrogen) atoms. The maximum Gasteiger partial charge on any atom is 0.269 e. The van der Waals surface area contributed by atoms with E-state index in [4.69, 9.17) is 4.74 Å². The van der Waals surface area contributed by atoms with E-state index in [2.05, 4.69) is 22.0 Å². The zero-order chi connectivity index (χ0) is 22.5. The van der Waals surface area contributed by atoms with Crippen molar-refractivity contribution in [3.05, 3.63) is 116 Å².